The summed E-state index contributed by atoms with van der Waals surface area (Å²) in [6, 6.07) is 2.23. The molecule has 2 rings (SSSR count). The van der Waals surface area contributed by atoms with Crippen molar-refractivity contribution in [2.75, 3.05) is 5.32 Å². The molecule has 0 spiro atoms. The molecule has 1 amide bonds. The van der Waals surface area contributed by atoms with E-state index in [1.807, 2.05) is 0 Å². The summed E-state index contributed by atoms with van der Waals surface area (Å²) in [5.74, 6) is -0.246. The molecule has 18 heavy (non-hydrogen) atoms. The SMILES string of the molecule is C[C@H](Cl)C(=O)Nc1sc2c(c1C#N)CCCCC2. The van der Waals surface area contributed by atoms with Crippen molar-refractivity contribution in [2.45, 2.75) is 44.4 Å². The fraction of sp³-hybridized carbons (Fsp3) is 0.538. The van der Waals surface area contributed by atoms with E-state index in [0.717, 1.165) is 31.2 Å². The number of nitriles is 1. The van der Waals surface area contributed by atoms with Crippen LogP contribution in [0, 0.1) is 11.3 Å². The van der Waals surface area contributed by atoms with E-state index in [1.165, 1.54) is 22.6 Å². The Bertz CT molecular complexity index is 502. The molecule has 0 unspecified atom stereocenters. The summed E-state index contributed by atoms with van der Waals surface area (Å²) in [6.45, 7) is 1.63. The number of carbonyl (C=O) groups is 1. The molecule has 3 nitrogen and oxygen atoms in total. The molecule has 5 heteroatoms. The Kier molecular flexibility index (Phi) is 4.26. The van der Waals surface area contributed by atoms with Crippen LogP contribution in [-0.4, -0.2) is 11.3 Å². The number of hydrogen-bond acceptors (Lipinski definition) is 3. The van der Waals surface area contributed by atoms with Gasteiger partial charge in [0, 0.05) is 4.88 Å². The van der Waals surface area contributed by atoms with E-state index in [2.05, 4.69) is 11.4 Å². The lowest BCUT2D eigenvalue weighted by Gasteiger charge is -2.04. The first-order chi connectivity index (χ1) is 8.63. The minimum atomic E-state index is -0.585. The number of carbonyl (C=O) groups excluding carboxylic acids is 1. The average molecular weight is 283 g/mol. The number of amides is 1. The second kappa shape index (κ2) is 5.73. The summed E-state index contributed by atoms with van der Waals surface area (Å²) in [4.78, 5) is 12.9. The fourth-order valence-electron chi connectivity index (χ4n) is 2.16. The molecule has 0 fully saturated rings. The summed E-state index contributed by atoms with van der Waals surface area (Å²) in [7, 11) is 0. The smallest absolute Gasteiger partial charge is 0.242 e. The number of nitrogens with zero attached hydrogens (tertiary/aromatic N) is 1. The Labute approximate surface area is 116 Å². The first-order valence-electron chi connectivity index (χ1n) is 6.13. The van der Waals surface area contributed by atoms with Crippen LogP contribution in [0.5, 0.6) is 0 Å². The second-order valence-electron chi connectivity index (χ2n) is 4.49. The van der Waals surface area contributed by atoms with Crippen molar-refractivity contribution in [3.63, 3.8) is 0 Å². The molecular formula is C13H15ClN2OS. The van der Waals surface area contributed by atoms with Gasteiger partial charge in [0.1, 0.15) is 16.4 Å². The fourth-order valence-corrected chi connectivity index (χ4v) is 3.46. The highest BCUT2D eigenvalue weighted by Crippen LogP contribution is 2.37. The summed E-state index contributed by atoms with van der Waals surface area (Å²) >= 11 is 7.27. The van der Waals surface area contributed by atoms with Gasteiger partial charge in [-0.2, -0.15) is 5.26 Å². The molecule has 96 valence electrons. The molecule has 1 aromatic rings. The van der Waals surface area contributed by atoms with E-state index in [1.54, 1.807) is 6.92 Å². The topological polar surface area (TPSA) is 52.9 Å². The van der Waals surface area contributed by atoms with Crippen LogP contribution in [0.2, 0.25) is 0 Å². The van der Waals surface area contributed by atoms with Crippen LogP contribution >= 0.6 is 22.9 Å². The van der Waals surface area contributed by atoms with Gasteiger partial charge in [-0.15, -0.1) is 22.9 Å². The maximum atomic E-state index is 11.6. The van der Waals surface area contributed by atoms with Gasteiger partial charge in [0.05, 0.1) is 5.56 Å². The summed E-state index contributed by atoms with van der Waals surface area (Å²) in [5, 5.41) is 12.1. The maximum absolute atomic E-state index is 11.6. The molecule has 0 aromatic carbocycles. The predicted octanol–water partition coefficient (Wildman–Crippen LogP) is 3.45. The van der Waals surface area contributed by atoms with Gasteiger partial charge in [-0.1, -0.05) is 6.42 Å². The molecule has 1 aliphatic carbocycles. The van der Waals surface area contributed by atoms with Gasteiger partial charge in [-0.3, -0.25) is 4.79 Å². The Morgan fingerprint density at radius 1 is 1.44 bits per heavy atom. The number of hydrogen-bond donors (Lipinski definition) is 1. The Balaban J connectivity index is 2.32. The molecule has 0 bridgehead atoms. The highest BCUT2D eigenvalue weighted by molar-refractivity contribution is 7.16. The standard InChI is InChI=1S/C13H15ClN2OS/c1-8(14)12(17)16-13-10(7-15)9-5-3-2-4-6-11(9)18-13/h8H,2-6H2,1H3,(H,16,17)/t8-/m0/s1. The number of fused-ring (bicyclic) bond motifs is 1. The van der Waals surface area contributed by atoms with Crippen LogP contribution < -0.4 is 5.32 Å². The van der Waals surface area contributed by atoms with E-state index < -0.39 is 5.38 Å². The third-order valence-electron chi connectivity index (χ3n) is 3.13. The molecule has 0 saturated heterocycles. The van der Waals surface area contributed by atoms with E-state index in [4.69, 9.17) is 11.6 Å². The molecule has 1 heterocycles. The normalized spacial score (nSPS) is 16.3. The predicted molar refractivity (Wildman–Crippen MR) is 74.2 cm³/mol. The number of nitrogens with one attached hydrogen (secondary N) is 1. The van der Waals surface area contributed by atoms with Gasteiger partial charge in [0.25, 0.3) is 0 Å². The van der Waals surface area contributed by atoms with Gasteiger partial charge in [-0.25, -0.2) is 0 Å². The highest BCUT2D eigenvalue weighted by atomic mass is 35.5. The molecule has 0 aliphatic heterocycles. The van der Waals surface area contributed by atoms with Crippen LogP contribution in [0.3, 0.4) is 0 Å². The molecular weight excluding hydrogens is 268 g/mol. The van der Waals surface area contributed by atoms with Crippen molar-refractivity contribution in [1.82, 2.24) is 0 Å². The lowest BCUT2D eigenvalue weighted by atomic mass is 10.1. The minimum Gasteiger partial charge on any atom is -0.315 e. The number of aryl methyl sites for hydroxylation is 1. The van der Waals surface area contributed by atoms with Crippen LogP contribution in [-0.2, 0) is 17.6 Å². The molecule has 0 saturated carbocycles. The van der Waals surface area contributed by atoms with Crippen molar-refractivity contribution in [3.05, 3.63) is 16.0 Å². The van der Waals surface area contributed by atoms with E-state index in [-0.39, 0.29) is 5.91 Å². The largest absolute Gasteiger partial charge is 0.315 e. The van der Waals surface area contributed by atoms with Gasteiger partial charge >= 0.3 is 0 Å². The Morgan fingerprint density at radius 2 is 2.17 bits per heavy atom. The van der Waals surface area contributed by atoms with Crippen LogP contribution in [0.15, 0.2) is 0 Å². The maximum Gasteiger partial charge on any atom is 0.242 e. The van der Waals surface area contributed by atoms with E-state index >= 15 is 0 Å². The monoisotopic (exact) mass is 282 g/mol. The first-order valence-corrected chi connectivity index (χ1v) is 7.38. The van der Waals surface area contributed by atoms with Crippen LogP contribution in [0.4, 0.5) is 5.00 Å². The molecule has 1 atom stereocenters. The zero-order valence-electron chi connectivity index (χ0n) is 10.3. The van der Waals surface area contributed by atoms with Crippen molar-refractivity contribution < 1.29 is 4.79 Å². The summed E-state index contributed by atoms with van der Waals surface area (Å²) < 4.78 is 0. The van der Waals surface area contributed by atoms with Crippen molar-refractivity contribution in [3.8, 4) is 6.07 Å². The zero-order chi connectivity index (χ0) is 13.1. The Hall–Kier alpha value is -1.05. The molecule has 1 aromatic heterocycles. The highest BCUT2D eigenvalue weighted by Gasteiger charge is 2.21. The molecule has 1 aliphatic rings. The third kappa shape index (κ3) is 2.68. The number of alkyl halides is 1. The number of rotatable bonds is 2. The lowest BCUT2D eigenvalue weighted by molar-refractivity contribution is -0.115. The molecule has 0 radical (unpaired) electrons. The average Bonchev–Trinajstić information content (AvgIpc) is 2.50. The van der Waals surface area contributed by atoms with Gasteiger partial charge in [0.2, 0.25) is 5.91 Å². The number of anilines is 1. The summed E-state index contributed by atoms with van der Waals surface area (Å²) in [5.41, 5.74) is 1.78. The zero-order valence-corrected chi connectivity index (χ0v) is 11.8. The minimum absolute atomic E-state index is 0.246. The lowest BCUT2D eigenvalue weighted by Crippen LogP contribution is -2.20. The van der Waals surface area contributed by atoms with Gasteiger partial charge < -0.3 is 5.32 Å². The number of halogens is 1. The summed E-state index contributed by atoms with van der Waals surface area (Å²) in [6.07, 6.45) is 5.46. The first kappa shape index (κ1) is 13.4. The second-order valence-corrected chi connectivity index (χ2v) is 6.25. The van der Waals surface area contributed by atoms with Gasteiger partial charge in [0.15, 0.2) is 0 Å². The van der Waals surface area contributed by atoms with Crippen LogP contribution in [0.1, 0.15) is 42.2 Å². The van der Waals surface area contributed by atoms with Crippen molar-refractivity contribution in [2.24, 2.45) is 0 Å². The van der Waals surface area contributed by atoms with E-state index in [0.29, 0.717) is 10.6 Å². The van der Waals surface area contributed by atoms with Crippen LogP contribution in [0.25, 0.3) is 0 Å². The van der Waals surface area contributed by atoms with Crippen molar-refractivity contribution in [1.29, 1.82) is 5.26 Å². The number of thiophene rings is 1. The van der Waals surface area contributed by atoms with E-state index in [9.17, 15) is 10.1 Å². The van der Waals surface area contributed by atoms with Gasteiger partial charge in [-0.05, 0) is 38.2 Å². The molecule has 1 N–H and O–H groups in total. The third-order valence-corrected chi connectivity index (χ3v) is 4.54. The quantitative estimate of drug-likeness (QED) is 0.667. The Morgan fingerprint density at radius 3 is 2.83 bits per heavy atom. The van der Waals surface area contributed by atoms with Crippen molar-refractivity contribution >= 4 is 33.8 Å².